The first-order valence-corrected chi connectivity index (χ1v) is 17.9. The predicted octanol–water partition coefficient (Wildman–Crippen LogP) is 14.4. The highest BCUT2D eigenvalue weighted by Gasteiger charge is 2.26. The number of benzene rings is 10. The van der Waals surface area contributed by atoms with Crippen molar-refractivity contribution in [1.82, 2.24) is 0 Å². The molecule has 0 fully saturated rings. The minimum absolute atomic E-state index is 0.960. The Labute approximate surface area is 302 Å². The molecule has 0 atom stereocenters. The molecule has 0 bridgehead atoms. The van der Waals surface area contributed by atoms with E-state index in [-0.39, 0.29) is 0 Å². The van der Waals surface area contributed by atoms with Crippen LogP contribution in [0.1, 0.15) is 0 Å². The third kappa shape index (κ3) is 4.85. The summed E-state index contributed by atoms with van der Waals surface area (Å²) in [6, 6.07) is 69.0. The molecular weight excluding hydrogens is 633 g/mol. The second-order valence-electron chi connectivity index (χ2n) is 13.4. The van der Waals surface area contributed by atoms with Crippen molar-refractivity contribution < 1.29 is 0 Å². The fourth-order valence-electron chi connectivity index (χ4n) is 8.26. The average molecular weight is 665 g/mol. The standard InChI is InChI=1S/C50H32S/c51-40-26-25-38-30-43-44(31-39(38)27-40)48(35-21-11-4-12-22-35)50-46(33-17-7-2-8-18-33)42-29-37-24-14-13-23-36(37)28-41(42)45(32-15-5-1-6-16-32)49(50)47(43)34-19-9-3-10-20-34/h1-31,51H. The maximum Gasteiger partial charge on any atom is 0.00463 e. The minimum Gasteiger partial charge on any atom is -0.143 e. The maximum atomic E-state index is 4.77. The largest absolute Gasteiger partial charge is 0.143 e. The molecule has 0 saturated heterocycles. The van der Waals surface area contributed by atoms with Gasteiger partial charge in [-0.3, -0.25) is 0 Å². The highest BCUT2D eigenvalue weighted by atomic mass is 32.1. The first kappa shape index (κ1) is 29.7. The van der Waals surface area contributed by atoms with Gasteiger partial charge in [0.1, 0.15) is 0 Å². The van der Waals surface area contributed by atoms with Crippen LogP contribution in [0.5, 0.6) is 0 Å². The number of rotatable bonds is 4. The van der Waals surface area contributed by atoms with Crippen molar-refractivity contribution in [1.29, 1.82) is 0 Å². The van der Waals surface area contributed by atoms with Gasteiger partial charge in [0.2, 0.25) is 0 Å². The van der Waals surface area contributed by atoms with Gasteiger partial charge in [0.25, 0.3) is 0 Å². The van der Waals surface area contributed by atoms with Crippen molar-refractivity contribution in [3.05, 3.63) is 188 Å². The smallest absolute Gasteiger partial charge is 0.00463 e. The summed E-state index contributed by atoms with van der Waals surface area (Å²) in [4.78, 5) is 0.960. The summed E-state index contributed by atoms with van der Waals surface area (Å²) in [5.41, 5.74) is 9.83. The molecule has 10 aromatic rings. The van der Waals surface area contributed by atoms with E-state index in [1.807, 2.05) is 0 Å². The lowest BCUT2D eigenvalue weighted by Crippen LogP contribution is -1.98. The van der Waals surface area contributed by atoms with Crippen LogP contribution in [0.3, 0.4) is 0 Å². The number of hydrogen-bond donors (Lipinski definition) is 1. The molecule has 51 heavy (non-hydrogen) atoms. The predicted molar refractivity (Wildman–Crippen MR) is 223 cm³/mol. The zero-order valence-corrected chi connectivity index (χ0v) is 28.7. The molecule has 0 aliphatic heterocycles. The van der Waals surface area contributed by atoms with E-state index in [2.05, 4.69) is 188 Å². The van der Waals surface area contributed by atoms with Crippen molar-refractivity contribution in [3.63, 3.8) is 0 Å². The Bertz CT molecular complexity index is 2930. The number of thiol groups is 1. The zero-order chi connectivity index (χ0) is 33.9. The molecule has 238 valence electrons. The summed E-state index contributed by atoms with van der Waals surface area (Å²) in [5.74, 6) is 0. The van der Waals surface area contributed by atoms with Crippen LogP contribution in [0.25, 0.3) is 98.4 Å². The Morgan fingerprint density at radius 3 is 0.902 bits per heavy atom. The summed E-state index contributed by atoms with van der Waals surface area (Å²) in [5, 5.41) is 12.4. The summed E-state index contributed by atoms with van der Waals surface area (Å²) >= 11 is 4.77. The van der Waals surface area contributed by atoms with E-state index in [0.29, 0.717) is 0 Å². The monoisotopic (exact) mass is 664 g/mol. The van der Waals surface area contributed by atoms with Gasteiger partial charge in [-0.05, 0) is 135 Å². The van der Waals surface area contributed by atoms with Gasteiger partial charge in [0.15, 0.2) is 0 Å². The van der Waals surface area contributed by atoms with Crippen LogP contribution < -0.4 is 0 Å². The van der Waals surface area contributed by atoms with Gasteiger partial charge in [-0.25, -0.2) is 0 Å². The third-order valence-electron chi connectivity index (χ3n) is 10.4. The van der Waals surface area contributed by atoms with E-state index in [4.69, 9.17) is 12.6 Å². The zero-order valence-electron chi connectivity index (χ0n) is 27.8. The quantitative estimate of drug-likeness (QED) is 0.140. The lowest BCUT2D eigenvalue weighted by molar-refractivity contribution is 1.53. The van der Waals surface area contributed by atoms with E-state index in [0.717, 1.165) is 4.90 Å². The molecule has 0 spiro atoms. The summed E-state index contributed by atoms with van der Waals surface area (Å²) in [6.45, 7) is 0. The van der Waals surface area contributed by atoms with Crippen molar-refractivity contribution in [3.8, 4) is 44.5 Å². The Balaban J connectivity index is 1.61. The van der Waals surface area contributed by atoms with Gasteiger partial charge in [0.05, 0.1) is 0 Å². The Morgan fingerprint density at radius 1 is 0.255 bits per heavy atom. The van der Waals surface area contributed by atoms with E-state index in [9.17, 15) is 0 Å². The van der Waals surface area contributed by atoms with Gasteiger partial charge in [-0.2, -0.15) is 0 Å². The summed E-state index contributed by atoms with van der Waals surface area (Å²) < 4.78 is 0. The average Bonchev–Trinajstić information content (AvgIpc) is 3.19. The normalized spacial score (nSPS) is 11.6. The van der Waals surface area contributed by atoms with Gasteiger partial charge in [-0.1, -0.05) is 152 Å². The molecule has 0 nitrogen and oxygen atoms in total. The highest BCUT2D eigenvalue weighted by Crippen LogP contribution is 2.54. The topological polar surface area (TPSA) is 0 Å². The van der Waals surface area contributed by atoms with E-state index in [1.165, 1.54) is 98.4 Å². The second kappa shape index (κ2) is 12.0. The Morgan fingerprint density at radius 2 is 0.549 bits per heavy atom. The van der Waals surface area contributed by atoms with Gasteiger partial charge < -0.3 is 0 Å². The highest BCUT2D eigenvalue weighted by molar-refractivity contribution is 7.80. The third-order valence-corrected chi connectivity index (χ3v) is 10.7. The Kier molecular flexibility index (Phi) is 7.01. The van der Waals surface area contributed by atoms with Crippen LogP contribution in [0, 0.1) is 0 Å². The van der Waals surface area contributed by atoms with Crippen molar-refractivity contribution in [2.45, 2.75) is 4.90 Å². The molecule has 10 aromatic carbocycles. The van der Waals surface area contributed by atoms with E-state index >= 15 is 0 Å². The molecule has 0 N–H and O–H groups in total. The van der Waals surface area contributed by atoms with E-state index in [1.54, 1.807) is 0 Å². The van der Waals surface area contributed by atoms with Crippen LogP contribution in [0.15, 0.2) is 193 Å². The summed E-state index contributed by atoms with van der Waals surface area (Å²) in [7, 11) is 0. The number of hydrogen-bond acceptors (Lipinski definition) is 1. The van der Waals surface area contributed by atoms with Crippen LogP contribution in [0.2, 0.25) is 0 Å². The molecule has 0 heterocycles. The van der Waals surface area contributed by atoms with E-state index < -0.39 is 0 Å². The fourth-order valence-corrected chi connectivity index (χ4v) is 8.47. The van der Waals surface area contributed by atoms with Crippen molar-refractivity contribution in [2.75, 3.05) is 0 Å². The van der Waals surface area contributed by atoms with Crippen LogP contribution in [-0.4, -0.2) is 0 Å². The van der Waals surface area contributed by atoms with Gasteiger partial charge in [-0.15, -0.1) is 12.6 Å². The van der Waals surface area contributed by atoms with Crippen molar-refractivity contribution >= 4 is 66.5 Å². The molecule has 0 radical (unpaired) electrons. The first-order valence-electron chi connectivity index (χ1n) is 17.5. The summed E-state index contributed by atoms with van der Waals surface area (Å²) in [6.07, 6.45) is 0. The first-order chi connectivity index (χ1) is 25.2. The van der Waals surface area contributed by atoms with Gasteiger partial charge in [0, 0.05) is 4.90 Å². The molecule has 10 rings (SSSR count). The van der Waals surface area contributed by atoms with Crippen molar-refractivity contribution in [2.24, 2.45) is 0 Å². The van der Waals surface area contributed by atoms with Crippen LogP contribution in [0.4, 0.5) is 0 Å². The molecule has 0 amide bonds. The fraction of sp³-hybridized carbons (Fsp3) is 0. The Hall–Kier alpha value is -6.15. The SMILES string of the molecule is Sc1ccc2cc3c(-c4ccccc4)c4c(-c5ccccc5)c5cc6ccccc6cc5c(-c5ccccc5)c4c(-c4ccccc4)c3cc2c1. The molecule has 1 heteroatoms. The number of fused-ring (bicyclic) bond motifs is 5. The maximum absolute atomic E-state index is 4.77. The molecule has 0 unspecified atom stereocenters. The lowest BCUT2D eigenvalue weighted by atomic mass is 9.77. The molecule has 0 saturated carbocycles. The molecule has 0 aromatic heterocycles. The van der Waals surface area contributed by atoms with Crippen LogP contribution >= 0.6 is 12.6 Å². The minimum atomic E-state index is 0.960. The molecule has 0 aliphatic rings. The van der Waals surface area contributed by atoms with Crippen LogP contribution in [-0.2, 0) is 0 Å². The second-order valence-corrected chi connectivity index (χ2v) is 13.9. The molecule has 0 aliphatic carbocycles. The molecular formula is C50H32S. The lowest BCUT2D eigenvalue weighted by Gasteiger charge is -2.26. The van der Waals surface area contributed by atoms with Gasteiger partial charge >= 0.3 is 0 Å².